The van der Waals surface area contributed by atoms with Gasteiger partial charge in [-0.25, -0.2) is 0 Å². The van der Waals surface area contributed by atoms with E-state index < -0.39 is 0 Å². The fourth-order valence-electron chi connectivity index (χ4n) is 0.980. The summed E-state index contributed by atoms with van der Waals surface area (Å²) in [5.41, 5.74) is 0. The largest absolute Gasteiger partial charge is 0.319 e. The first-order chi connectivity index (χ1) is 6.24. The van der Waals surface area contributed by atoms with E-state index >= 15 is 0 Å². The minimum atomic E-state index is -0.0479. The first-order valence-corrected chi connectivity index (χ1v) is 4.19. The normalized spacial score (nSPS) is 12.5. The van der Waals surface area contributed by atoms with E-state index in [1.165, 1.54) is 0 Å². The van der Waals surface area contributed by atoms with Crippen LogP contribution >= 0.6 is 0 Å². The van der Waals surface area contributed by atoms with E-state index in [4.69, 9.17) is 0 Å². The average molecular weight is 182 g/mol. The van der Waals surface area contributed by atoms with E-state index in [-0.39, 0.29) is 11.8 Å². The number of nitrogens with zero attached hydrogens (tertiary/aromatic N) is 1. The van der Waals surface area contributed by atoms with Crippen LogP contribution in [0.15, 0.2) is 12.3 Å². The minimum Gasteiger partial charge on any atom is -0.319 e. The number of aromatic nitrogens is 2. The second-order valence-corrected chi connectivity index (χ2v) is 2.92. The van der Waals surface area contributed by atoms with Crippen LogP contribution in [0.2, 0.25) is 0 Å². The lowest BCUT2D eigenvalue weighted by atomic mass is 10.1. The molecule has 0 spiro atoms. The molecule has 0 aliphatic carbocycles. The zero-order valence-corrected chi connectivity index (χ0v) is 7.79. The summed E-state index contributed by atoms with van der Waals surface area (Å²) in [7, 11) is 1.82. The molecule has 1 amide bonds. The van der Waals surface area contributed by atoms with E-state index in [0.717, 1.165) is 0 Å². The van der Waals surface area contributed by atoms with Gasteiger partial charge in [-0.1, -0.05) is 6.92 Å². The molecule has 0 saturated heterocycles. The smallest absolute Gasteiger partial charge is 0.229 e. The second-order valence-electron chi connectivity index (χ2n) is 2.92. The Kier molecular flexibility index (Phi) is 3.45. The van der Waals surface area contributed by atoms with Gasteiger partial charge in [0.05, 0.1) is 6.20 Å². The van der Waals surface area contributed by atoms with Crippen LogP contribution in [0.1, 0.15) is 6.92 Å². The molecule has 1 aromatic heterocycles. The Morgan fingerprint density at radius 3 is 3.08 bits per heavy atom. The first kappa shape index (κ1) is 9.73. The summed E-state index contributed by atoms with van der Waals surface area (Å²) < 4.78 is 0. The molecule has 0 aliphatic rings. The van der Waals surface area contributed by atoms with Crippen molar-refractivity contribution in [3.8, 4) is 0 Å². The summed E-state index contributed by atoms with van der Waals surface area (Å²) in [6.45, 7) is 2.53. The van der Waals surface area contributed by atoms with Gasteiger partial charge in [-0.15, -0.1) is 0 Å². The van der Waals surface area contributed by atoms with Gasteiger partial charge in [0.2, 0.25) is 5.91 Å². The predicted octanol–water partition coefficient (Wildman–Crippen LogP) is 0.204. The van der Waals surface area contributed by atoms with Gasteiger partial charge in [0.25, 0.3) is 0 Å². The molecule has 0 fully saturated rings. The van der Waals surface area contributed by atoms with E-state index in [2.05, 4.69) is 20.8 Å². The van der Waals surface area contributed by atoms with E-state index in [1.54, 1.807) is 12.3 Å². The van der Waals surface area contributed by atoms with Gasteiger partial charge in [-0.2, -0.15) is 5.10 Å². The molecule has 0 radical (unpaired) electrons. The number of anilines is 1. The molecule has 3 N–H and O–H groups in total. The van der Waals surface area contributed by atoms with Crippen LogP contribution in [0.5, 0.6) is 0 Å². The second kappa shape index (κ2) is 4.61. The topological polar surface area (TPSA) is 69.8 Å². The highest BCUT2D eigenvalue weighted by Gasteiger charge is 2.11. The van der Waals surface area contributed by atoms with Crippen LogP contribution < -0.4 is 10.6 Å². The number of amides is 1. The van der Waals surface area contributed by atoms with Gasteiger partial charge in [-0.3, -0.25) is 9.89 Å². The maximum Gasteiger partial charge on any atom is 0.229 e. The summed E-state index contributed by atoms with van der Waals surface area (Å²) in [5.74, 6) is 0.569. The first-order valence-electron chi connectivity index (χ1n) is 4.19. The number of carbonyl (C=O) groups is 1. The van der Waals surface area contributed by atoms with Gasteiger partial charge in [-0.05, 0) is 7.05 Å². The number of hydrogen-bond acceptors (Lipinski definition) is 3. The molecule has 0 aromatic carbocycles. The van der Waals surface area contributed by atoms with Crippen LogP contribution in [0, 0.1) is 5.92 Å². The zero-order valence-electron chi connectivity index (χ0n) is 7.79. The third-order valence-electron chi connectivity index (χ3n) is 1.72. The Bertz CT molecular complexity index is 257. The van der Waals surface area contributed by atoms with Gasteiger partial charge in [0.1, 0.15) is 5.82 Å². The van der Waals surface area contributed by atoms with Crippen LogP contribution in [-0.4, -0.2) is 29.7 Å². The molecule has 5 nitrogen and oxygen atoms in total. The summed E-state index contributed by atoms with van der Waals surface area (Å²) in [6, 6.07) is 1.71. The molecule has 1 heterocycles. The molecule has 1 rings (SSSR count). The van der Waals surface area contributed by atoms with E-state index in [0.29, 0.717) is 12.4 Å². The van der Waals surface area contributed by atoms with Crippen molar-refractivity contribution in [2.24, 2.45) is 5.92 Å². The fraction of sp³-hybridized carbons (Fsp3) is 0.500. The van der Waals surface area contributed by atoms with Crippen LogP contribution in [0.3, 0.4) is 0 Å². The SMILES string of the molecule is CNCC(C)C(=O)Nc1ccn[nH]1. The van der Waals surface area contributed by atoms with E-state index in [9.17, 15) is 4.79 Å². The predicted molar refractivity (Wildman–Crippen MR) is 50.3 cm³/mol. The van der Waals surface area contributed by atoms with Crippen molar-refractivity contribution >= 4 is 11.7 Å². The number of carbonyl (C=O) groups excluding carboxylic acids is 1. The summed E-state index contributed by atoms with van der Waals surface area (Å²) in [4.78, 5) is 11.4. The number of rotatable bonds is 4. The van der Waals surface area contributed by atoms with Crippen LogP contribution in [0.4, 0.5) is 5.82 Å². The van der Waals surface area contributed by atoms with Crippen LogP contribution in [0.25, 0.3) is 0 Å². The van der Waals surface area contributed by atoms with Gasteiger partial charge in [0, 0.05) is 18.5 Å². The average Bonchev–Trinajstić information content (AvgIpc) is 2.57. The Hall–Kier alpha value is -1.36. The highest BCUT2D eigenvalue weighted by Crippen LogP contribution is 2.02. The van der Waals surface area contributed by atoms with Crippen molar-refractivity contribution < 1.29 is 4.79 Å². The third kappa shape index (κ3) is 2.87. The molecular formula is C8H14N4O. The molecule has 72 valence electrons. The summed E-state index contributed by atoms with van der Waals surface area (Å²) in [6.07, 6.45) is 1.60. The minimum absolute atomic E-state index is 0.0152. The fourth-order valence-corrected chi connectivity index (χ4v) is 0.980. The molecule has 1 atom stereocenters. The highest BCUT2D eigenvalue weighted by molar-refractivity contribution is 5.91. The summed E-state index contributed by atoms with van der Waals surface area (Å²) >= 11 is 0. The highest BCUT2D eigenvalue weighted by atomic mass is 16.1. The molecule has 1 aromatic rings. The van der Waals surface area contributed by atoms with Gasteiger partial charge < -0.3 is 10.6 Å². The van der Waals surface area contributed by atoms with Crippen molar-refractivity contribution in [1.82, 2.24) is 15.5 Å². The van der Waals surface area contributed by atoms with Gasteiger partial charge in [0.15, 0.2) is 0 Å². The Balaban J connectivity index is 2.41. The van der Waals surface area contributed by atoms with Crippen molar-refractivity contribution in [1.29, 1.82) is 0 Å². The molecule has 0 saturated carbocycles. The van der Waals surface area contributed by atoms with Gasteiger partial charge >= 0.3 is 0 Å². The Morgan fingerprint density at radius 1 is 1.77 bits per heavy atom. The maximum atomic E-state index is 11.4. The molecule has 5 heteroatoms. The third-order valence-corrected chi connectivity index (χ3v) is 1.72. The van der Waals surface area contributed by atoms with Crippen LogP contribution in [-0.2, 0) is 4.79 Å². The summed E-state index contributed by atoms with van der Waals surface area (Å²) in [5, 5.41) is 12.0. The standard InChI is InChI=1S/C8H14N4O/c1-6(5-9-2)8(13)11-7-3-4-10-12-7/h3-4,6,9H,5H2,1-2H3,(H2,10,11,12,13). The van der Waals surface area contributed by atoms with Crippen molar-refractivity contribution in [3.05, 3.63) is 12.3 Å². The van der Waals surface area contributed by atoms with Crippen molar-refractivity contribution in [3.63, 3.8) is 0 Å². The quantitative estimate of drug-likeness (QED) is 0.623. The number of nitrogens with one attached hydrogen (secondary N) is 3. The molecule has 0 bridgehead atoms. The molecule has 13 heavy (non-hydrogen) atoms. The number of aromatic amines is 1. The Labute approximate surface area is 76.9 Å². The lowest BCUT2D eigenvalue weighted by molar-refractivity contribution is -0.119. The molecule has 1 unspecified atom stereocenters. The number of H-pyrrole nitrogens is 1. The zero-order chi connectivity index (χ0) is 9.68. The lowest BCUT2D eigenvalue weighted by Gasteiger charge is -2.09. The Morgan fingerprint density at radius 2 is 2.54 bits per heavy atom. The van der Waals surface area contributed by atoms with Crippen molar-refractivity contribution in [2.75, 3.05) is 18.9 Å². The molecule has 0 aliphatic heterocycles. The number of hydrogen-bond donors (Lipinski definition) is 3. The monoisotopic (exact) mass is 182 g/mol. The molecular weight excluding hydrogens is 168 g/mol. The lowest BCUT2D eigenvalue weighted by Crippen LogP contribution is -2.28. The van der Waals surface area contributed by atoms with E-state index in [1.807, 2.05) is 14.0 Å². The van der Waals surface area contributed by atoms with Crippen molar-refractivity contribution in [2.45, 2.75) is 6.92 Å². The maximum absolute atomic E-state index is 11.4.